The lowest BCUT2D eigenvalue weighted by molar-refractivity contribution is 0.206. The minimum atomic E-state index is -4.61. The number of rotatable bonds is 5. The van der Waals surface area contributed by atoms with Crippen molar-refractivity contribution in [3.63, 3.8) is 0 Å². The third-order valence-corrected chi connectivity index (χ3v) is 6.89. The minimum Gasteiger partial charge on any atom is -0.410 e. The van der Waals surface area contributed by atoms with Gasteiger partial charge in [0.2, 0.25) is 0 Å². The Morgan fingerprint density at radius 1 is 1.11 bits per heavy atom. The molecular weight excluding hydrogens is 406 g/mol. The average molecular weight is 423 g/mol. The fourth-order valence-electron chi connectivity index (χ4n) is 2.47. The number of sulfonamides is 1. The van der Waals surface area contributed by atoms with Crippen molar-refractivity contribution in [1.82, 2.24) is 14.1 Å². The van der Waals surface area contributed by atoms with Crippen molar-refractivity contribution in [2.45, 2.75) is 23.9 Å². The van der Waals surface area contributed by atoms with Crippen LogP contribution >= 0.6 is 0 Å². The summed E-state index contributed by atoms with van der Waals surface area (Å²) in [5, 5.41) is -1.27. The topological polar surface area (TPSA) is 124 Å². The molecule has 9 nitrogen and oxygen atoms in total. The number of carbonyl (C=O) groups is 1. The molecule has 1 aromatic carbocycles. The van der Waals surface area contributed by atoms with E-state index >= 15 is 0 Å². The number of aromatic nitrogens is 2. The predicted molar refractivity (Wildman–Crippen MR) is 100 cm³/mol. The first-order valence-electron chi connectivity index (χ1n) is 8.15. The van der Waals surface area contributed by atoms with Gasteiger partial charge in [0, 0.05) is 6.20 Å². The maximum absolute atomic E-state index is 12.9. The minimum absolute atomic E-state index is 0.120. The van der Waals surface area contributed by atoms with Gasteiger partial charge in [0.15, 0.2) is 19.9 Å². The number of benzene rings is 1. The number of nitrogens with one attached hydrogen (secondary N) is 1. The van der Waals surface area contributed by atoms with Crippen molar-refractivity contribution in [3.8, 4) is 5.75 Å². The van der Waals surface area contributed by atoms with Crippen LogP contribution in [0.3, 0.4) is 0 Å². The van der Waals surface area contributed by atoms with E-state index in [4.69, 9.17) is 4.74 Å². The quantitative estimate of drug-likeness (QED) is 0.665. The summed E-state index contributed by atoms with van der Waals surface area (Å²) in [6.45, 7) is 3.08. The summed E-state index contributed by atoms with van der Waals surface area (Å²) in [5.41, 5.74) is 0.795. The van der Waals surface area contributed by atoms with Gasteiger partial charge in [-0.25, -0.2) is 22.9 Å². The standard InChI is InChI=1S/C17H17N3O6S2/c1-3-27(22,23)15-16(20-11-12(2)9-10-14(20)18-15)28(24,25)19-17(21)26-13-7-5-4-6-8-13/h4-11H,3H2,1-2H3,(H,19,21). The van der Waals surface area contributed by atoms with Crippen LogP contribution in [0.2, 0.25) is 0 Å². The number of nitrogens with zero attached hydrogens (tertiary/aromatic N) is 2. The van der Waals surface area contributed by atoms with Crippen LogP contribution in [0.25, 0.3) is 5.65 Å². The summed E-state index contributed by atoms with van der Waals surface area (Å²) < 4.78 is 58.4. The maximum Gasteiger partial charge on any atom is 0.426 e. The summed E-state index contributed by atoms with van der Waals surface area (Å²) in [5.74, 6) is -0.224. The van der Waals surface area contributed by atoms with E-state index in [9.17, 15) is 21.6 Å². The highest BCUT2D eigenvalue weighted by molar-refractivity contribution is 7.93. The molecular formula is C17H17N3O6S2. The van der Waals surface area contributed by atoms with Gasteiger partial charge in [-0.1, -0.05) is 31.2 Å². The van der Waals surface area contributed by atoms with Gasteiger partial charge in [0.05, 0.1) is 5.75 Å². The number of aryl methyl sites for hydroxylation is 1. The van der Waals surface area contributed by atoms with Crippen LogP contribution < -0.4 is 9.46 Å². The van der Waals surface area contributed by atoms with E-state index in [2.05, 4.69) is 4.98 Å². The van der Waals surface area contributed by atoms with Crippen LogP contribution in [-0.4, -0.2) is 38.1 Å². The Kier molecular flexibility index (Phi) is 5.13. The van der Waals surface area contributed by atoms with Crippen molar-refractivity contribution >= 4 is 31.6 Å². The Labute approximate surface area is 161 Å². The fourth-order valence-corrected chi connectivity index (χ4v) is 5.08. The zero-order chi connectivity index (χ0) is 20.5. The number of ether oxygens (including phenoxy) is 1. The molecule has 0 fully saturated rings. The summed E-state index contributed by atoms with van der Waals surface area (Å²) in [7, 11) is -8.59. The number of hydrogen-bond acceptors (Lipinski definition) is 7. The molecule has 2 aromatic heterocycles. The molecule has 0 saturated heterocycles. The van der Waals surface area contributed by atoms with E-state index in [1.807, 2.05) is 0 Å². The highest BCUT2D eigenvalue weighted by Crippen LogP contribution is 2.24. The molecule has 1 amide bonds. The van der Waals surface area contributed by atoms with Crippen LogP contribution in [0.4, 0.5) is 4.79 Å². The molecule has 0 bridgehead atoms. The fraction of sp³-hybridized carbons (Fsp3) is 0.176. The summed E-state index contributed by atoms with van der Waals surface area (Å²) >= 11 is 0. The molecule has 0 unspecified atom stereocenters. The molecule has 3 aromatic rings. The number of imidazole rings is 1. The second-order valence-electron chi connectivity index (χ2n) is 5.87. The van der Waals surface area contributed by atoms with E-state index in [-0.39, 0.29) is 17.1 Å². The van der Waals surface area contributed by atoms with Gasteiger partial charge in [0.25, 0.3) is 10.0 Å². The molecule has 0 aliphatic rings. The van der Waals surface area contributed by atoms with Crippen molar-refractivity contribution in [2.75, 3.05) is 5.75 Å². The van der Waals surface area contributed by atoms with Gasteiger partial charge >= 0.3 is 6.09 Å². The Morgan fingerprint density at radius 2 is 1.79 bits per heavy atom. The highest BCUT2D eigenvalue weighted by Gasteiger charge is 2.33. The monoisotopic (exact) mass is 423 g/mol. The van der Waals surface area contributed by atoms with Crippen molar-refractivity contribution in [1.29, 1.82) is 0 Å². The smallest absolute Gasteiger partial charge is 0.410 e. The van der Waals surface area contributed by atoms with Crippen LogP contribution in [0.15, 0.2) is 58.7 Å². The number of fused-ring (bicyclic) bond motifs is 1. The van der Waals surface area contributed by atoms with Crippen LogP contribution in [0.1, 0.15) is 12.5 Å². The molecule has 0 spiro atoms. The Balaban J connectivity index is 2.08. The van der Waals surface area contributed by atoms with E-state index in [0.717, 1.165) is 4.40 Å². The lowest BCUT2D eigenvalue weighted by atomic mass is 10.3. The average Bonchev–Trinajstić information content (AvgIpc) is 3.02. The summed E-state index contributed by atoms with van der Waals surface area (Å²) in [6.07, 6.45) is 0.155. The van der Waals surface area contributed by atoms with Gasteiger partial charge in [-0.3, -0.25) is 4.40 Å². The van der Waals surface area contributed by atoms with Crippen molar-refractivity contribution < 1.29 is 26.4 Å². The number of pyridine rings is 1. The first-order chi connectivity index (χ1) is 13.1. The summed E-state index contributed by atoms with van der Waals surface area (Å²) in [4.78, 5) is 16.0. The molecule has 3 rings (SSSR count). The second-order valence-corrected chi connectivity index (χ2v) is 9.66. The van der Waals surface area contributed by atoms with Gasteiger partial charge in [0.1, 0.15) is 11.4 Å². The number of amides is 1. The number of sulfone groups is 1. The first-order valence-corrected chi connectivity index (χ1v) is 11.3. The molecule has 0 radical (unpaired) electrons. The number of para-hydroxylation sites is 1. The molecule has 11 heteroatoms. The number of hydrogen-bond donors (Lipinski definition) is 1. The van der Waals surface area contributed by atoms with E-state index in [1.165, 1.54) is 31.3 Å². The molecule has 0 aliphatic carbocycles. The Morgan fingerprint density at radius 3 is 2.43 bits per heavy atom. The second kappa shape index (κ2) is 7.24. The van der Waals surface area contributed by atoms with Crippen molar-refractivity contribution in [2.24, 2.45) is 0 Å². The normalized spacial score (nSPS) is 12.1. The van der Waals surface area contributed by atoms with Crippen LogP contribution in [-0.2, 0) is 19.9 Å². The predicted octanol–water partition coefficient (Wildman–Crippen LogP) is 1.91. The third kappa shape index (κ3) is 3.85. The lowest BCUT2D eigenvalue weighted by Gasteiger charge is -2.09. The molecule has 0 aliphatic heterocycles. The lowest BCUT2D eigenvalue weighted by Crippen LogP contribution is -2.34. The molecule has 148 valence electrons. The van der Waals surface area contributed by atoms with Crippen LogP contribution in [0.5, 0.6) is 5.75 Å². The van der Waals surface area contributed by atoms with Gasteiger partial charge in [-0.05, 0) is 30.7 Å². The molecule has 0 atom stereocenters. The van der Waals surface area contributed by atoms with Crippen molar-refractivity contribution in [3.05, 3.63) is 54.2 Å². The highest BCUT2D eigenvalue weighted by atomic mass is 32.2. The van der Waals surface area contributed by atoms with Gasteiger partial charge < -0.3 is 4.74 Å². The van der Waals surface area contributed by atoms with Crippen LogP contribution in [0, 0.1) is 6.92 Å². The molecule has 0 saturated carbocycles. The summed E-state index contributed by atoms with van der Waals surface area (Å²) in [6, 6.07) is 11.0. The van der Waals surface area contributed by atoms with E-state index in [1.54, 1.807) is 35.9 Å². The number of carbonyl (C=O) groups excluding carboxylic acids is 1. The van der Waals surface area contributed by atoms with Gasteiger partial charge in [-0.2, -0.15) is 8.42 Å². The molecule has 2 heterocycles. The zero-order valence-electron chi connectivity index (χ0n) is 15.0. The Bertz CT molecular complexity index is 1250. The SMILES string of the molecule is CCS(=O)(=O)c1nc2ccc(C)cn2c1S(=O)(=O)NC(=O)Oc1ccccc1. The third-order valence-electron chi connectivity index (χ3n) is 3.79. The molecule has 1 N–H and O–H groups in total. The Hall–Kier alpha value is -2.92. The first kappa shape index (κ1) is 19.8. The maximum atomic E-state index is 12.9. The molecule has 28 heavy (non-hydrogen) atoms. The van der Waals surface area contributed by atoms with E-state index in [0.29, 0.717) is 5.56 Å². The van der Waals surface area contributed by atoms with Gasteiger partial charge in [-0.15, -0.1) is 0 Å². The zero-order valence-corrected chi connectivity index (χ0v) is 16.6. The largest absolute Gasteiger partial charge is 0.426 e. The van der Waals surface area contributed by atoms with E-state index < -0.39 is 36.0 Å².